The Bertz CT molecular complexity index is 1030. The summed E-state index contributed by atoms with van der Waals surface area (Å²) in [6.45, 7) is 0.375. The molecule has 0 saturated carbocycles. The maximum atomic E-state index is 14.0. The average molecular weight is 365 g/mol. The van der Waals surface area contributed by atoms with Gasteiger partial charge in [0.25, 0.3) is 0 Å². The molecule has 128 valence electrons. The number of oxazole rings is 1. The van der Waals surface area contributed by atoms with Crippen molar-refractivity contribution in [3.05, 3.63) is 66.1 Å². The lowest BCUT2D eigenvalue weighted by molar-refractivity contribution is 0.488. The van der Waals surface area contributed by atoms with Crippen molar-refractivity contribution in [2.75, 3.05) is 5.32 Å². The molecule has 8 heteroatoms. The Labute approximate surface area is 152 Å². The zero-order valence-corrected chi connectivity index (χ0v) is 14.2. The van der Waals surface area contributed by atoms with E-state index in [2.05, 4.69) is 20.0 Å². The molecule has 0 fully saturated rings. The summed E-state index contributed by atoms with van der Waals surface area (Å²) in [7, 11) is 0. The van der Waals surface area contributed by atoms with Gasteiger partial charge in [0.15, 0.2) is 0 Å². The van der Waals surface area contributed by atoms with Crippen LogP contribution in [0.4, 0.5) is 10.1 Å². The number of hydrogen-bond donors (Lipinski definition) is 2. The minimum atomic E-state index is -0.540. The van der Waals surface area contributed by atoms with Crippen LogP contribution in [-0.2, 0) is 6.54 Å². The molecule has 1 aliphatic heterocycles. The van der Waals surface area contributed by atoms with Crippen LogP contribution in [0.3, 0.4) is 0 Å². The third-order valence-corrected chi connectivity index (χ3v) is 4.62. The second kappa shape index (κ2) is 6.90. The first-order chi connectivity index (χ1) is 12.8. The van der Waals surface area contributed by atoms with E-state index in [1.807, 2.05) is 24.3 Å². The molecule has 6 nitrogen and oxygen atoms in total. The lowest BCUT2D eigenvalue weighted by Crippen LogP contribution is -2.31. The van der Waals surface area contributed by atoms with Crippen LogP contribution in [0.15, 0.2) is 62.6 Å². The van der Waals surface area contributed by atoms with Gasteiger partial charge in [0.05, 0.1) is 28.9 Å². The molecule has 0 unspecified atom stereocenters. The van der Waals surface area contributed by atoms with Gasteiger partial charge in [-0.15, -0.1) is 0 Å². The fourth-order valence-electron chi connectivity index (χ4n) is 2.63. The van der Waals surface area contributed by atoms with E-state index in [0.29, 0.717) is 24.0 Å². The summed E-state index contributed by atoms with van der Waals surface area (Å²) in [5, 5.41) is 15.7. The van der Waals surface area contributed by atoms with Crippen LogP contribution in [0, 0.1) is 17.1 Å². The third-order valence-electron chi connectivity index (χ3n) is 3.81. The lowest BCUT2D eigenvalue weighted by atomic mass is 9.98. The highest BCUT2D eigenvalue weighted by atomic mass is 32.2. The van der Waals surface area contributed by atoms with Crippen molar-refractivity contribution >= 4 is 23.6 Å². The lowest BCUT2D eigenvalue weighted by Gasteiger charge is -2.21. The largest absolute Gasteiger partial charge is 0.447 e. The van der Waals surface area contributed by atoms with E-state index >= 15 is 0 Å². The van der Waals surface area contributed by atoms with Crippen molar-refractivity contribution in [2.45, 2.75) is 11.4 Å². The van der Waals surface area contributed by atoms with E-state index in [1.165, 1.54) is 24.3 Å². The number of guanidine groups is 1. The van der Waals surface area contributed by atoms with Gasteiger partial charge in [0.1, 0.15) is 18.1 Å². The Morgan fingerprint density at radius 1 is 1.23 bits per heavy atom. The minimum absolute atomic E-state index is 0.0181. The van der Waals surface area contributed by atoms with Gasteiger partial charge in [-0.25, -0.2) is 9.37 Å². The number of nitriles is 1. The Hall–Kier alpha value is -3.31. The molecule has 26 heavy (non-hydrogen) atoms. The van der Waals surface area contributed by atoms with Crippen LogP contribution in [-0.4, -0.2) is 10.9 Å². The maximum Gasteiger partial charge on any atom is 0.213 e. The molecule has 2 aromatic carbocycles. The number of nitrogens with one attached hydrogen (secondary N) is 2. The second-order valence-corrected chi connectivity index (χ2v) is 6.19. The smallest absolute Gasteiger partial charge is 0.213 e. The van der Waals surface area contributed by atoms with Gasteiger partial charge in [-0.1, -0.05) is 24.3 Å². The number of rotatable bonds is 3. The first kappa shape index (κ1) is 16.2. The van der Waals surface area contributed by atoms with Gasteiger partial charge in [0, 0.05) is 23.1 Å². The first-order valence-electron chi connectivity index (χ1n) is 7.72. The molecule has 0 atom stereocenters. The standard InChI is InChI=1S/C18H12FN5OS/c19-14-5-1-3-11(13(14)9-20)12-4-2-6-15-17(12)23-18(24-26-15)22-10-16-21-7-8-25-16/h1-8H,10H2,(H2,22,23,24). The van der Waals surface area contributed by atoms with Crippen LogP contribution < -0.4 is 10.6 Å². The highest BCUT2D eigenvalue weighted by Crippen LogP contribution is 2.40. The molecular weight excluding hydrogens is 353 g/mol. The van der Waals surface area contributed by atoms with Gasteiger partial charge in [-0.05, 0) is 12.1 Å². The molecule has 1 aliphatic rings. The zero-order valence-electron chi connectivity index (χ0n) is 13.4. The second-order valence-electron chi connectivity index (χ2n) is 5.39. The molecule has 0 aliphatic carbocycles. The number of anilines is 1. The number of benzene rings is 2. The maximum absolute atomic E-state index is 14.0. The fourth-order valence-corrected chi connectivity index (χ4v) is 3.33. The van der Waals surface area contributed by atoms with E-state index in [9.17, 15) is 9.65 Å². The van der Waals surface area contributed by atoms with Gasteiger partial charge < -0.3 is 15.1 Å². The molecule has 4 rings (SSSR count). The van der Waals surface area contributed by atoms with E-state index in [0.717, 1.165) is 16.1 Å². The van der Waals surface area contributed by atoms with Gasteiger partial charge in [-0.3, -0.25) is 0 Å². The Kier molecular flexibility index (Phi) is 4.29. The summed E-state index contributed by atoms with van der Waals surface area (Å²) in [6.07, 6.45) is 3.07. The topological polar surface area (TPSA) is 86.2 Å². The normalized spacial score (nSPS) is 12.5. The molecule has 3 aromatic rings. The van der Waals surface area contributed by atoms with Crippen LogP contribution >= 0.6 is 11.9 Å². The van der Waals surface area contributed by atoms with Crippen LogP contribution in [0.1, 0.15) is 11.5 Å². The van der Waals surface area contributed by atoms with Crippen molar-refractivity contribution in [1.82, 2.24) is 10.3 Å². The summed E-state index contributed by atoms with van der Waals surface area (Å²) >= 11 is 1.30. The number of fused-ring (bicyclic) bond motifs is 1. The number of halogens is 1. The number of aromatic nitrogens is 1. The highest BCUT2D eigenvalue weighted by Gasteiger charge is 2.20. The molecule has 2 N–H and O–H groups in total. The predicted molar refractivity (Wildman–Crippen MR) is 96.8 cm³/mol. The van der Waals surface area contributed by atoms with E-state index in [-0.39, 0.29) is 5.56 Å². The number of nitrogens with zero attached hydrogens (tertiary/aromatic N) is 3. The molecule has 0 bridgehead atoms. The van der Waals surface area contributed by atoms with Crippen molar-refractivity contribution in [3.63, 3.8) is 0 Å². The minimum Gasteiger partial charge on any atom is -0.447 e. The van der Waals surface area contributed by atoms with Crippen molar-refractivity contribution in [3.8, 4) is 17.2 Å². The Balaban J connectivity index is 1.66. The first-order valence-corrected chi connectivity index (χ1v) is 8.50. The van der Waals surface area contributed by atoms with Crippen molar-refractivity contribution in [1.29, 1.82) is 5.26 Å². The number of para-hydroxylation sites is 1. The third kappa shape index (κ3) is 3.00. The molecule has 0 saturated heterocycles. The van der Waals surface area contributed by atoms with E-state index in [4.69, 9.17) is 4.42 Å². The molecular formula is C18H12FN5OS. The quantitative estimate of drug-likeness (QED) is 0.684. The van der Waals surface area contributed by atoms with Crippen LogP contribution in [0.2, 0.25) is 0 Å². The summed E-state index contributed by atoms with van der Waals surface area (Å²) in [4.78, 5) is 4.93. The summed E-state index contributed by atoms with van der Waals surface area (Å²) in [6, 6.07) is 12.2. The van der Waals surface area contributed by atoms with Crippen LogP contribution in [0.25, 0.3) is 11.1 Å². The molecule has 1 aromatic heterocycles. The van der Waals surface area contributed by atoms with Crippen molar-refractivity contribution in [2.24, 2.45) is 4.40 Å². The van der Waals surface area contributed by atoms with Gasteiger partial charge in [-0.2, -0.15) is 9.66 Å². The summed E-state index contributed by atoms with van der Waals surface area (Å²) < 4.78 is 23.6. The zero-order chi connectivity index (χ0) is 17.9. The monoisotopic (exact) mass is 365 g/mol. The predicted octanol–water partition coefficient (Wildman–Crippen LogP) is 3.93. The SMILES string of the molecule is N#Cc1c(F)cccc1-c1cccc2c1NC(NCc1ncco1)=NS2. The molecule has 2 heterocycles. The summed E-state index contributed by atoms with van der Waals surface area (Å²) in [5.74, 6) is 0.528. The fraction of sp³-hybridized carbons (Fsp3) is 0.0556. The van der Waals surface area contributed by atoms with Gasteiger partial charge in [0.2, 0.25) is 11.9 Å². The Morgan fingerprint density at radius 3 is 2.88 bits per heavy atom. The van der Waals surface area contributed by atoms with Crippen LogP contribution in [0.5, 0.6) is 0 Å². The van der Waals surface area contributed by atoms with E-state index in [1.54, 1.807) is 18.3 Å². The average Bonchev–Trinajstić information content (AvgIpc) is 3.19. The molecule has 0 amide bonds. The summed E-state index contributed by atoms with van der Waals surface area (Å²) in [5.41, 5.74) is 2.05. The molecule has 0 spiro atoms. The van der Waals surface area contributed by atoms with Crippen molar-refractivity contribution < 1.29 is 8.81 Å². The molecule has 0 radical (unpaired) electrons. The Morgan fingerprint density at radius 2 is 2.08 bits per heavy atom. The highest BCUT2D eigenvalue weighted by molar-refractivity contribution is 7.98. The van der Waals surface area contributed by atoms with E-state index < -0.39 is 5.82 Å². The number of hydrogen-bond acceptors (Lipinski definition) is 7. The van der Waals surface area contributed by atoms with Gasteiger partial charge >= 0.3 is 0 Å².